The van der Waals surface area contributed by atoms with Gasteiger partial charge in [-0.15, -0.1) is 32.9 Å². The summed E-state index contributed by atoms with van der Waals surface area (Å²) in [5, 5.41) is 22.0. The highest BCUT2D eigenvalue weighted by atomic mass is 32.2. The molecule has 0 saturated heterocycles. The molecule has 1 atom stereocenters. The first-order valence-electron chi connectivity index (χ1n) is 13.2. The van der Waals surface area contributed by atoms with E-state index >= 15 is 0 Å². The normalized spacial score (nSPS) is 14.5. The predicted octanol–water partition coefficient (Wildman–Crippen LogP) is 5.94. The standard InChI is InChI=1S/C30H25FN6O3S3/c1-40-22-12-6-19(7-13-22)24-16-23(25-4-2-14-41-25)35-37(24)28(38)18-43-30-34-33-27(17-32-29(39)26-5-3-15-42-26)36(30)21-10-8-20(31)9-11-21/h2-15,24H,16-18H2,1H3,(H,32,39)/t24-/m1/s1. The minimum absolute atomic E-state index is 0.0365. The number of ether oxygens (including phenoxy) is 1. The lowest BCUT2D eigenvalue weighted by Gasteiger charge is -2.22. The minimum Gasteiger partial charge on any atom is -0.497 e. The Morgan fingerprint density at radius 3 is 2.49 bits per heavy atom. The fourth-order valence-corrected chi connectivity index (χ4v) is 6.81. The van der Waals surface area contributed by atoms with Crippen molar-refractivity contribution in [2.45, 2.75) is 24.2 Å². The smallest absolute Gasteiger partial charge is 0.261 e. The first-order chi connectivity index (χ1) is 21.0. The molecule has 3 aromatic heterocycles. The van der Waals surface area contributed by atoms with E-state index in [0.29, 0.717) is 28.0 Å². The number of carbonyl (C=O) groups excluding carboxylic acids is 2. The second-order valence-electron chi connectivity index (χ2n) is 9.41. The molecule has 4 heterocycles. The number of aromatic nitrogens is 3. The van der Waals surface area contributed by atoms with Gasteiger partial charge in [-0.25, -0.2) is 9.40 Å². The van der Waals surface area contributed by atoms with Gasteiger partial charge < -0.3 is 10.1 Å². The molecule has 0 spiro atoms. The maximum Gasteiger partial charge on any atom is 0.261 e. The van der Waals surface area contributed by atoms with Crippen LogP contribution in [0.3, 0.4) is 0 Å². The molecule has 218 valence electrons. The van der Waals surface area contributed by atoms with Gasteiger partial charge >= 0.3 is 0 Å². The van der Waals surface area contributed by atoms with Crippen molar-refractivity contribution in [3.63, 3.8) is 0 Å². The van der Waals surface area contributed by atoms with E-state index < -0.39 is 0 Å². The number of amides is 2. The van der Waals surface area contributed by atoms with Gasteiger partial charge in [-0.05, 0) is 64.9 Å². The second kappa shape index (κ2) is 12.9. The van der Waals surface area contributed by atoms with Crippen LogP contribution in [0, 0.1) is 5.82 Å². The molecule has 0 fully saturated rings. The Balaban J connectivity index is 1.23. The molecule has 1 aliphatic heterocycles. The number of hydrogen-bond acceptors (Lipinski definition) is 9. The monoisotopic (exact) mass is 632 g/mol. The molecule has 0 bridgehead atoms. The molecule has 2 aromatic carbocycles. The van der Waals surface area contributed by atoms with Crippen molar-refractivity contribution in [2.24, 2.45) is 5.10 Å². The molecular formula is C30H25FN6O3S3. The van der Waals surface area contributed by atoms with E-state index in [-0.39, 0.29) is 36.0 Å². The van der Waals surface area contributed by atoms with Crippen molar-refractivity contribution in [3.8, 4) is 11.4 Å². The zero-order valence-corrected chi connectivity index (χ0v) is 25.3. The van der Waals surface area contributed by atoms with Crippen LogP contribution in [0.25, 0.3) is 5.69 Å². The lowest BCUT2D eigenvalue weighted by molar-refractivity contribution is -0.130. The van der Waals surface area contributed by atoms with E-state index in [2.05, 4.69) is 15.5 Å². The fourth-order valence-electron chi connectivity index (χ4n) is 4.62. The number of carbonyl (C=O) groups is 2. The number of nitrogens with one attached hydrogen (secondary N) is 1. The van der Waals surface area contributed by atoms with Gasteiger partial charge in [-0.2, -0.15) is 5.10 Å². The molecule has 0 saturated carbocycles. The number of thioether (sulfide) groups is 1. The minimum atomic E-state index is -0.383. The summed E-state index contributed by atoms with van der Waals surface area (Å²) in [5.41, 5.74) is 2.41. The van der Waals surface area contributed by atoms with E-state index in [4.69, 9.17) is 9.84 Å². The van der Waals surface area contributed by atoms with Gasteiger partial charge in [0, 0.05) is 12.1 Å². The lowest BCUT2D eigenvalue weighted by Crippen LogP contribution is -2.28. The molecule has 5 aromatic rings. The topological polar surface area (TPSA) is 102 Å². The maximum atomic E-state index is 13.7. The summed E-state index contributed by atoms with van der Waals surface area (Å²) in [6.07, 6.45) is 0.586. The van der Waals surface area contributed by atoms with Crippen LogP contribution < -0.4 is 10.1 Å². The van der Waals surface area contributed by atoms with Crippen LogP contribution in [0.1, 0.15) is 38.4 Å². The van der Waals surface area contributed by atoms with Crippen LogP contribution in [-0.4, -0.2) is 50.2 Å². The summed E-state index contributed by atoms with van der Waals surface area (Å²) in [5.74, 6) is 0.407. The number of methoxy groups -OCH3 is 1. The van der Waals surface area contributed by atoms with Crippen molar-refractivity contribution in [1.29, 1.82) is 0 Å². The second-order valence-corrected chi connectivity index (χ2v) is 12.3. The van der Waals surface area contributed by atoms with Gasteiger partial charge in [-0.1, -0.05) is 36.0 Å². The van der Waals surface area contributed by atoms with Gasteiger partial charge in [0.2, 0.25) is 0 Å². The average Bonchev–Trinajstić information content (AvgIpc) is 3.86. The zero-order valence-electron chi connectivity index (χ0n) is 22.8. The largest absolute Gasteiger partial charge is 0.497 e. The molecule has 6 rings (SSSR count). The number of thiophene rings is 2. The van der Waals surface area contributed by atoms with Crippen molar-refractivity contribution in [1.82, 2.24) is 25.1 Å². The number of rotatable bonds is 10. The Bertz CT molecular complexity index is 1740. The molecular weight excluding hydrogens is 608 g/mol. The predicted molar refractivity (Wildman–Crippen MR) is 166 cm³/mol. The summed E-state index contributed by atoms with van der Waals surface area (Å²) < 4.78 is 20.8. The van der Waals surface area contributed by atoms with Crippen molar-refractivity contribution < 1.29 is 18.7 Å². The Morgan fingerprint density at radius 2 is 1.79 bits per heavy atom. The molecule has 2 amide bonds. The maximum absolute atomic E-state index is 13.7. The third-order valence-corrected chi connectivity index (χ3v) is 9.44. The summed E-state index contributed by atoms with van der Waals surface area (Å²) in [4.78, 5) is 27.9. The van der Waals surface area contributed by atoms with Crippen molar-refractivity contribution in [3.05, 3.63) is 111 Å². The van der Waals surface area contributed by atoms with Crippen LogP contribution in [0.2, 0.25) is 0 Å². The zero-order chi connectivity index (χ0) is 29.8. The van der Waals surface area contributed by atoms with E-state index in [9.17, 15) is 14.0 Å². The van der Waals surface area contributed by atoms with Crippen molar-refractivity contribution in [2.75, 3.05) is 12.9 Å². The lowest BCUT2D eigenvalue weighted by atomic mass is 10.0. The first kappa shape index (κ1) is 28.8. The molecule has 0 unspecified atom stereocenters. The highest BCUT2D eigenvalue weighted by molar-refractivity contribution is 7.99. The van der Waals surface area contributed by atoms with Gasteiger partial charge in [0.05, 0.1) is 40.9 Å². The first-order valence-corrected chi connectivity index (χ1v) is 16.0. The SMILES string of the molecule is COc1ccc([C@H]2CC(c3cccs3)=NN2C(=O)CSc2nnc(CNC(=O)c3cccs3)n2-c2ccc(F)cc2)cc1. The highest BCUT2D eigenvalue weighted by Crippen LogP contribution is 2.35. The third-order valence-electron chi connectivity index (χ3n) is 6.73. The van der Waals surface area contributed by atoms with Crippen LogP contribution in [0.15, 0.2) is 93.8 Å². The molecule has 0 radical (unpaired) electrons. The molecule has 0 aliphatic carbocycles. The Hall–Kier alpha value is -4.33. The summed E-state index contributed by atoms with van der Waals surface area (Å²) in [6, 6.07) is 20.8. The number of halogens is 1. The van der Waals surface area contributed by atoms with Gasteiger partial charge in [-0.3, -0.25) is 14.2 Å². The molecule has 13 heteroatoms. The Labute approximate surface area is 259 Å². The van der Waals surface area contributed by atoms with Crippen LogP contribution in [0.4, 0.5) is 4.39 Å². The Kier molecular flexibility index (Phi) is 8.63. The van der Waals surface area contributed by atoms with Gasteiger partial charge in [0.1, 0.15) is 11.6 Å². The van der Waals surface area contributed by atoms with Crippen LogP contribution >= 0.6 is 34.4 Å². The van der Waals surface area contributed by atoms with Crippen molar-refractivity contribution >= 4 is 52.0 Å². The fraction of sp³-hybridized carbons (Fsp3) is 0.167. The molecule has 1 N–H and O–H groups in total. The Morgan fingerprint density at radius 1 is 1.02 bits per heavy atom. The number of hydrazone groups is 1. The molecule has 9 nitrogen and oxygen atoms in total. The van der Waals surface area contributed by atoms with Crippen LogP contribution in [-0.2, 0) is 11.3 Å². The van der Waals surface area contributed by atoms with Crippen LogP contribution in [0.5, 0.6) is 5.75 Å². The summed E-state index contributed by atoms with van der Waals surface area (Å²) in [6.45, 7) is 0.0930. The summed E-state index contributed by atoms with van der Waals surface area (Å²) >= 11 is 4.13. The molecule has 43 heavy (non-hydrogen) atoms. The number of nitrogens with zero attached hydrogens (tertiary/aromatic N) is 5. The number of hydrogen-bond donors (Lipinski definition) is 1. The quantitative estimate of drug-likeness (QED) is 0.191. The van der Waals surface area contributed by atoms with E-state index in [1.54, 1.807) is 52.3 Å². The van der Waals surface area contributed by atoms with Gasteiger partial charge in [0.25, 0.3) is 11.8 Å². The summed E-state index contributed by atoms with van der Waals surface area (Å²) in [7, 11) is 1.61. The van der Waals surface area contributed by atoms with E-state index in [1.165, 1.54) is 35.2 Å². The number of benzene rings is 2. The van der Waals surface area contributed by atoms with E-state index in [1.807, 2.05) is 47.2 Å². The average molecular weight is 633 g/mol. The highest BCUT2D eigenvalue weighted by Gasteiger charge is 2.33. The third kappa shape index (κ3) is 6.38. The van der Waals surface area contributed by atoms with Gasteiger partial charge in [0.15, 0.2) is 11.0 Å². The molecule has 1 aliphatic rings. The van der Waals surface area contributed by atoms with E-state index in [0.717, 1.165) is 21.9 Å².